The Labute approximate surface area is 168 Å². The number of nitrogens with zero attached hydrogens (tertiary/aromatic N) is 2. The standard InChI is InChI=1S/C20H25FN4O2S/c1-2-9-22-18(26)12-25-10-7-14(8-11-25)23-19(27)17-13-28-20(24-17)15-5-3-4-6-16(15)21/h3-6,13-14H,2,7-12H2,1H3,(H,22,26)(H,23,27). The summed E-state index contributed by atoms with van der Waals surface area (Å²) in [6.07, 6.45) is 2.50. The Bertz CT molecular complexity index is 818. The van der Waals surface area contributed by atoms with E-state index in [9.17, 15) is 14.0 Å². The highest BCUT2D eigenvalue weighted by molar-refractivity contribution is 7.13. The Morgan fingerprint density at radius 3 is 2.75 bits per heavy atom. The lowest BCUT2D eigenvalue weighted by Crippen LogP contribution is -2.47. The molecule has 2 heterocycles. The molecule has 0 atom stereocenters. The molecule has 2 aromatic rings. The van der Waals surface area contributed by atoms with Crippen LogP contribution in [0, 0.1) is 5.82 Å². The Hall–Kier alpha value is -2.32. The predicted octanol–water partition coefficient (Wildman–Crippen LogP) is 2.67. The van der Waals surface area contributed by atoms with Crippen molar-refractivity contribution in [2.75, 3.05) is 26.2 Å². The molecule has 8 heteroatoms. The first-order chi connectivity index (χ1) is 13.6. The minimum absolute atomic E-state index is 0.0486. The van der Waals surface area contributed by atoms with Crippen LogP contribution in [0.5, 0.6) is 0 Å². The summed E-state index contributed by atoms with van der Waals surface area (Å²) in [5.41, 5.74) is 0.714. The van der Waals surface area contributed by atoms with Crippen molar-refractivity contribution in [1.29, 1.82) is 0 Å². The first-order valence-electron chi connectivity index (χ1n) is 9.57. The molecular formula is C20H25FN4O2S. The number of likely N-dealkylation sites (tertiary alicyclic amines) is 1. The van der Waals surface area contributed by atoms with Crippen LogP contribution < -0.4 is 10.6 Å². The number of nitrogens with one attached hydrogen (secondary N) is 2. The molecule has 1 fully saturated rings. The van der Waals surface area contributed by atoms with E-state index in [1.165, 1.54) is 17.4 Å². The topological polar surface area (TPSA) is 74.3 Å². The van der Waals surface area contributed by atoms with Gasteiger partial charge in [-0.15, -0.1) is 11.3 Å². The Morgan fingerprint density at radius 2 is 2.04 bits per heavy atom. The molecule has 0 aliphatic carbocycles. The number of amides is 2. The largest absolute Gasteiger partial charge is 0.355 e. The highest BCUT2D eigenvalue weighted by Crippen LogP contribution is 2.26. The van der Waals surface area contributed by atoms with Crippen LogP contribution in [0.25, 0.3) is 10.6 Å². The van der Waals surface area contributed by atoms with Crippen molar-refractivity contribution in [3.05, 3.63) is 41.2 Å². The van der Waals surface area contributed by atoms with Gasteiger partial charge in [0.1, 0.15) is 16.5 Å². The molecule has 28 heavy (non-hydrogen) atoms. The van der Waals surface area contributed by atoms with E-state index in [1.54, 1.807) is 23.6 Å². The van der Waals surface area contributed by atoms with Gasteiger partial charge in [-0.25, -0.2) is 9.37 Å². The minimum atomic E-state index is -0.348. The van der Waals surface area contributed by atoms with Gasteiger partial charge in [0.25, 0.3) is 5.91 Å². The van der Waals surface area contributed by atoms with E-state index < -0.39 is 0 Å². The molecule has 0 unspecified atom stereocenters. The third-order valence-electron chi connectivity index (χ3n) is 4.70. The van der Waals surface area contributed by atoms with Crippen LogP contribution in [0.3, 0.4) is 0 Å². The third-order valence-corrected chi connectivity index (χ3v) is 5.58. The van der Waals surface area contributed by atoms with Crippen molar-refractivity contribution in [2.24, 2.45) is 0 Å². The van der Waals surface area contributed by atoms with Crippen LogP contribution in [-0.2, 0) is 4.79 Å². The van der Waals surface area contributed by atoms with Crippen molar-refractivity contribution in [3.8, 4) is 10.6 Å². The molecule has 1 aromatic heterocycles. The lowest BCUT2D eigenvalue weighted by molar-refractivity contribution is -0.122. The number of carbonyl (C=O) groups is 2. The van der Waals surface area contributed by atoms with Gasteiger partial charge in [0, 0.05) is 36.6 Å². The van der Waals surface area contributed by atoms with E-state index in [1.807, 2.05) is 6.92 Å². The van der Waals surface area contributed by atoms with Crippen molar-refractivity contribution >= 4 is 23.2 Å². The van der Waals surface area contributed by atoms with Gasteiger partial charge in [-0.05, 0) is 31.4 Å². The first-order valence-corrected chi connectivity index (χ1v) is 10.4. The van der Waals surface area contributed by atoms with Gasteiger partial charge in [0.05, 0.1) is 6.54 Å². The van der Waals surface area contributed by atoms with Crippen LogP contribution in [0.15, 0.2) is 29.6 Å². The predicted molar refractivity (Wildman–Crippen MR) is 108 cm³/mol. The summed E-state index contributed by atoms with van der Waals surface area (Å²) in [6.45, 7) is 4.66. The maximum Gasteiger partial charge on any atom is 0.270 e. The molecule has 2 N–H and O–H groups in total. The van der Waals surface area contributed by atoms with Gasteiger partial charge >= 0.3 is 0 Å². The second-order valence-electron chi connectivity index (χ2n) is 6.89. The zero-order valence-corrected chi connectivity index (χ0v) is 16.7. The van der Waals surface area contributed by atoms with Crippen molar-refractivity contribution < 1.29 is 14.0 Å². The normalized spacial score (nSPS) is 15.4. The molecule has 3 rings (SSSR count). The Morgan fingerprint density at radius 1 is 1.29 bits per heavy atom. The smallest absolute Gasteiger partial charge is 0.270 e. The van der Waals surface area contributed by atoms with Crippen LogP contribution in [-0.4, -0.2) is 53.9 Å². The van der Waals surface area contributed by atoms with Gasteiger partial charge in [-0.1, -0.05) is 19.1 Å². The lowest BCUT2D eigenvalue weighted by atomic mass is 10.0. The van der Waals surface area contributed by atoms with Crippen LogP contribution >= 0.6 is 11.3 Å². The van der Waals surface area contributed by atoms with Gasteiger partial charge in [0.2, 0.25) is 5.91 Å². The average Bonchev–Trinajstić information content (AvgIpc) is 3.18. The number of hydrogen-bond donors (Lipinski definition) is 2. The van der Waals surface area contributed by atoms with Crippen molar-refractivity contribution in [2.45, 2.75) is 32.2 Å². The van der Waals surface area contributed by atoms with Crippen LogP contribution in [0.1, 0.15) is 36.7 Å². The van der Waals surface area contributed by atoms with E-state index >= 15 is 0 Å². The Balaban J connectivity index is 1.49. The molecule has 1 saturated heterocycles. The van der Waals surface area contributed by atoms with Crippen molar-refractivity contribution in [1.82, 2.24) is 20.5 Å². The van der Waals surface area contributed by atoms with E-state index in [2.05, 4.69) is 20.5 Å². The van der Waals surface area contributed by atoms with Gasteiger partial charge in [0.15, 0.2) is 0 Å². The summed E-state index contributed by atoms with van der Waals surface area (Å²) in [6, 6.07) is 6.46. The fourth-order valence-corrected chi connectivity index (χ4v) is 3.98. The zero-order valence-electron chi connectivity index (χ0n) is 15.9. The second kappa shape index (κ2) is 9.75. The summed E-state index contributed by atoms with van der Waals surface area (Å²) in [7, 11) is 0. The molecule has 0 saturated carbocycles. The summed E-state index contributed by atoms with van der Waals surface area (Å²) in [5.74, 6) is -0.537. The number of hydrogen-bond acceptors (Lipinski definition) is 5. The van der Waals surface area contributed by atoms with Crippen LogP contribution in [0.4, 0.5) is 4.39 Å². The van der Waals surface area contributed by atoms with E-state index in [0.717, 1.165) is 32.4 Å². The minimum Gasteiger partial charge on any atom is -0.355 e. The third kappa shape index (κ3) is 5.36. The number of thiazole rings is 1. The number of halogens is 1. The number of benzene rings is 1. The molecule has 1 aliphatic rings. The first kappa shape index (κ1) is 20.4. The molecule has 0 spiro atoms. The molecule has 2 amide bonds. The van der Waals surface area contributed by atoms with E-state index in [0.29, 0.717) is 29.4 Å². The molecule has 1 aliphatic heterocycles. The lowest BCUT2D eigenvalue weighted by Gasteiger charge is -2.31. The molecule has 150 valence electrons. The van der Waals surface area contributed by atoms with E-state index in [-0.39, 0.29) is 23.7 Å². The molecule has 6 nitrogen and oxygen atoms in total. The van der Waals surface area contributed by atoms with Crippen molar-refractivity contribution in [3.63, 3.8) is 0 Å². The molecular weight excluding hydrogens is 379 g/mol. The molecule has 0 radical (unpaired) electrons. The maximum absolute atomic E-state index is 13.9. The number of carbonyl (C=O) groups excluding carboxylic acids is 2. The average molecular weight is 405 g/mol. The SMILES string of the molecule is CCCNC(=O)CN1CCC(NC(=O)c2csc(-c3ccccc3F)n2)CC1. The fraction of sp³-hybridized carbons (Fsp3) is 0.450. The van der Waals surface area contributed by atoms with E-state index in [4.69, 9.17) is 0 Å². The van der Waals surface area contributed by atoms with Crippen LogP contribution in [0.2, 0.25) is 0 Å². The summed E-state index contributed by atoms with van der Waals surface area (Å²) < 4.78 is 13.9. The van der Waals surface area contributed by atoms with Gasteiger partial charge in [-0.2, -0.15) is 0 Å². The number of aromatic nitrogens is 1. The quantitative estimate of drug-likeness (QED) is 0.744. The highest BCUT2D eigenvalue weighted by atomic mass is 32.1. The van der Waals surface area contributed by atoms with Gasteiger partial charge < -0.3 is 10.6 Å². The fourth-order valence-electron chi connectivity index (χ4n) is 3.15. The Kier molecular flexibility index (Phi) is 7.11. The second-order valence-corrected chi connectivity index (χ2v) is 7.75. The highest BCUT2D eigenvalue weighted by Gasteiger charge is 2.23. The monoisotopic (exact) mass is 404 g/mol. The maximum atomic E-state index is 13.9. The summed E-state index contributed by atoms with van der Waals surface area (Å²) in [4.78, 5) is 30.7. The summed E-state index contributed by atoms with van der Waals surface area (Å²) >= 11 is 1.26. The summed E-state index contributed by atoms with van der Waals surface area (Å²) in [5, 5.41) is 8.04. The zero-order chi connectivity index (χ0) is 19.9. The van der Waals surface area contributed by atoms with Gasteiger partial charge in [-0.3, -0.25) is 14.5 Å². The molecule has 1 aromatic carbocycles. The number of rotatable bonds is 7. The number of piperidine rings is 1. The molecule has 0 bridgehead atoms.